The van der Waals surface area contributed by atoms with Gasteiger partial charge in [-0.15, -0.1) is 0 Å². The van der Waals surface area contributed by atoms with Gasteiger partial charge in [0.15, 0.2) is 5.58 Å². The number of rotatable bonds is 4. The van der Waals surface area contributed by atoms with Crippen molar-refractivity contribution in [3.8, 4) is 17.6 Å². The Morgan fingerprint density at radius 3 is 2.52 bits per heavy atom. The SMILES string of the molecule is COc1ccc(Oc2nc3ccc(C(=O)O)cc3o2)cc1. The summed E-state index contributed by atoms with van der Waals surface area (Å²) in [5.41, 5.74) is 1.02. The van der Waals surface area contributed by atoms with Crippen molar-refractivity contribution < 1.29 is 23.8 Å². The third-order valence-electron chi connectivity index (χ3n) is 2.88. The molecule has 1 aromatic heterocycles. The summed E-state index contributed by atoms with van der Waals surface area (Å²) in [5.74, 6) is 0.234. The molecule has 6 nitrogen and oxygen atoms in total. The molecule has 1 N–H and O–H groups in total. The van der Waals surface area contributed by atoms with E-state index in [2.05, 4.69) is 4.98 Å². The van der Waals surface area contributed by atoms with Crippen LogP contribution in [-0.4, -0.2) is 23.2 Å². The Hall–Kier alpha value is -3.02. The minimum absolute atomic E-state index is 0.0534. The lowest BCUT2D eigenvalue weighted by atomic mass is 10.2. The van der Waals surface area contributed by atoms with Crippen molar-refractivity contribution in [1.82, 2.24) is 4.98 Å². The molecule has 6 heteroatoms. The molecule has 0 saturated heterocycles. The Morgan fingerprint density at radius 2 is 1.86 bits per heavy atom. The van der Waals surface area contributed by atoms with Crippen LogP contribution in [0.5, 0.6) is 17.6 Å². The number of oxazole rings is 1. The predicted molar refractivity (Wildman–Crippen MR) is 74.0 cm³/mol. The molecule has 3 rings (SSSR count). The zero-order valence-electron chi connectivity index (χ0n) is 11.1. The third kappa shape index (κ3) is 2.64. The molecular weight excluding hydrogens is 274 g/mol. The van der Waals surface area contributed by atoms with Gasteiger partial charge in [-0.2, -0.15) is 4.98 Å². The maximum Gasteiger partial charge on any atom is 0.400 e. The van der Waals surface area contributed by atoms with E-state index >= 15 is 0 Å². The summed E-state index contributed by atoms with van der Waals surface area (Å²) in [6.07, 6.45) is 0.0534. The molecule has 0 radical (unpaired) electrons. The Kier molecular flexibility index (Phi) is 3.19. The summed E-state index contributed by atoms with van der Waals surface area (Å²) < 4.78 is 15.9. The maximum atomic E-state index is 10.9. The lowest BCUT2D eigenvalue weighted by molar-refractivity contribution is 0.0697. The second kappa shape index (κ2) is 5.16. The first-order valence-corrected chi connectivity index (χ1v) is 6.11. The standard InChI is InChI=1S/C15H11NO5/c1-19-10-3-5-11(6-4-10)20-15-16-12-7-2-9(14(17)18)8-13(12)21-15/h2-8H,1H3,(H,17,18). The van der Waals surface area contributed by atoms with Crippen LogP contribution in [0.15, 0.2) is 46.9 Å². The number of aromatic carboxylic acids is 1. The lowest BCUT2D eigenvalue weighted by Gasteiger charge is -2.02. The van der Waals surface area contributed by atoms with Crippen LogP contribution in [0.1, 0.15) is 10.4 Å². The van der Waals surface area contributed by atoms with Gasteiger partial charge < -0.3 is 19.0 Å². The monoisotopic (exact) mass is 285 g/mol. The van der Waals surface area contributed by atoms with Crippen LogP contribution in [0.4, 0.5) is 0 Å². The number of hydrogen-bond acceptors (Lipinski definition) is 5. The molecule has 21 heavy (non-hydrogen) atoms. The van der Waals surface area contributed by atoms with E-state index in [1.54, 1.807) is 37.4 Å². The van der Waals surface area contributed by atoms with Crippen molar-refractivity contribution in [2.75, 3.05) is 7.11 Å². The van der Waals surface area contributed by atoms with Crippen molar-refractivity contribution in [3.63, 3.8) is 0 Å². The van der Waals surface area contributed by atoms with E-state index in [9.17, 15) is 4.79 Å². The zero-order chi connectivity index (χ0) is 14.8. The molecule has 0 aliphatic rings. The van der Waals surface area contributed by atoms with Gasteiger partial charge in [0.2, 0.25) is 0 Å². The number of fused-ring (bicyclic) bond motifs is 1. The van der Waals surface area contributed by atoms with Crippen LogP contribution >= 0.6 is 0 Å². The van der Waals surface area contributed by atoms with E-state index in [1.165, 1.54) is 12.1 Å². The number of carboxylic acid groups (broad SMARTS) is 1. The number of benzene rings is 2. The highest BCUT2D eigenvalue weighted by molar-refractivity contribution is 5.91. The Labute approximate surface area is 119 Å². The van der Waals surface area contributed by atoms with Gasteiger partial charge in [0.05, 0.1) is 12.7 Å². The van der Waals surface area contributed by atoms with E-state index in [0.717, 1.165) is 0 Å². The van der Waals surface area contributed by atoms with Crippen LogP contribution in [0.2, 0.25) is 0 Å². The maximum absolute atomic E-state index is 10.9. The molecule has 0 unspecified atom stereocenters. The molecular formula is C15H11NO5. The van der Waals surface area contributed by atoms with Gasteiger partial charge >= 0.3 is 12.0 Å². The van der Waals surface area contributed by atoms with Crippen LogP contribution in [0.3, 0.4) is 0 Å². The number of carboxylic acids is 1. The number of methoxy groups -OCH3 is 1. The summed E-state index contributed by atoms with van der Waals surface area (Å²) >= 11 is 0. The first-order chi connectivity index (χ1) is 10.2. The van der Waals surface area contributed by atoms with Gasteiger partial charge in [-0.05, 0) is 42.5 Å². The third-order valence-corrected chi connectivity index (χ3v) is 2.88. The fourth-order valence-electron chi connectivity index (χ4n) is 1.82. The van der Waals surface area contributed by atoms with Crippen molar-refractivity contribution in [3.05, 3.63) is 48.0 Å². The molecule has 106 valence electrons. The summed E-state index contributed by atoms with van der Waals surface area (Å²) in [4.78, 5) is 15.0. The quantitative estimate of drug-likeness (QED) is 0.791. The number of aromatic nitrogens is 1. The van der Waals surface area contributed by atoms with Crippen molar-refractivity contribution in [2.24, 2.45) is 0 Å². The van der Waals surface area contributed by atoms with E-state index in [0.29, 0.717) is 22.6 Å². The molecule has 1 heterocycles. The minimum Gasteiger partial charge on any atom is -0.497 e. The molecule has 0 saturated carbocycles. The number of ether oxygens (including phenoxy) is 2. The average Bonchev–Trinajstić information content (AvgIpc) is 2.89. The van der Waals surface area contributed by atoms with Crippen LogP contribution in [0.25, 0.3) is 11.1 Å². The highest BCUT2D eigenvalue weighted by atomic mass is 16.6. The van der Waals surface area contributed by atoms with Gasteiger partial charge in [0, 0.05) is 0 Å². The molecule has 0 bridgehead atoms. The van der Waals surface area contributed by atoms with E-state index in [-0.39, 0.29) is 11.6 Å². The molecule has 3 aromatic rings. The second-order valence-electron chi connectivity index (χ2n) is 4.25. The van der Waals surface area contributed by atoms with Gasteiger partial charge in [-0.25, -0.2) is 4.79 Å². The summed E-state index contributed by atoms with van der Waals surface area (Å²) in [7, 11) is 1.58. The first kappa shape index (κ1) is 13.0. The summed E-state index contributed by atoms with van der Waals surface area (Å²) in [6.45, 7) is 0. The van der Waals surface area contributed by atoms with Crippen molar-refractivity contribution >= 4 is 17.1 Å². The van der Waals surface area contributed by atoms with Crippen LogP contribution < -0.4 is 9.47 Å². The topological polar surface area (TPSA) is 81.8 Å². The van der Waals surface area contributed by atoms with Gasteiger partial charge in [0.25, 0.3) is 0 Å². The van der Waals surface area contributed by atoms with E-state index in [1.807, 2.05) is 0 Å². The molecule has 0 amide bonds. The second-order valence-corrected chi connectivity index (χ2v) is 4.25. The van der Waals surface area contributed by atoms with Gasteiger partial charge in [-0.1, -0.05) is 0 Å². The van der Waals surface area contributed by atoms with Crippen molar-refractivity contribution in [2.45, 2.75) is 0 Å². The highest BCUT2D eigenvalue weighted by Crippen LogP contribution is 2.27. The Morgan fingerprint density at radius 1 is 1.14 bits per heavy atom. The van der Waals surface area contributed by atoms with Crippen molar-refractivity contribution in [1.29, 1.82) is 0 Å². The zero-order valence-corrected chi connectivity index (χ0v) is 11.1. The van der Waals surface area contributed by atoms with Gasteiger partial charge in [0.1, 0.15) is 17.0 Å². The van der Waals surface area contributed by atoms with Gasteiger partial charge in [-0.3, -0.25) is 0 Å². The summed E-state index contributed by atoms with van der Waals surface area (Å²) in [6, 6.07) is 11.4. The molecule has 0 aliphatic heterocycles. The normalized spacial score (nSPS) is 10.5. The highest BCUT2D eigenvalue weighted by Gasteiger charge is 2.11. The van der Waals surface area contributed by atoms with Crippen LogP contribution in [0, 0.1) is 0 Å². The number of nitrogens with zero attached hydrogens (tertiary/aromatic N) is 1. The summed E-state index contributed by atoms with van der Waals surface area (Å²) in [5, 5.41) is 8.93. The first-order valence-electron chi connectivity index (χ1n) is 6.11. The molecule has 2 aromatic carbocycles. The van der Waals surface area contributed by atoms with Crippen LogP contribution in [-0.2, 0) is 0 Å². The van der Waals surface area contributed by atoms with E-state index in [4.69, 9.17) is 19.0 Å². The number of hydrogen-bond donors (Lipinski definition) is 1. The molecule has 0 atom stereocenters. The van der Waals surface area contributed by atoms with E-state index < -0.39 is 5.97 Å². The predicted octanol–water partition coefficient (Wildman–Crippen LogP) is 3.33. The molecule has 0 fully saturated rings. The molecule has 0 spiro atoms. The Bertz CT molecular complexity index is 791. The minimum atomic E-state index is -1.02. The average molecular weight is 285 g/mol. The Balaban J connectivity index is 1.88. The smallest absolute Gasteiger partial charge is 0.400 e. The number of carbonyl (C=O) groups is 1. The molecule has 0 aliphatic carbocycles. The fraction of sp³-hybridized carbons (Fsp3) is 0.0667. The lowest BCUT2D eigenvalue weighted by Crippen LogP contribution is -1.94. The largest absolute Gasteiger partial charge is 0.497 e. The fourth-order valence-corrected chi connectivity index (χ4v) is 1.82.